The topological polar surface area (TPSA) is 40.5 Å². The van der Waals surface area contributed by atoms with E-state index in [0.29, 0.717) is 17.5 Å². The number of halogens is 1. The van der Waals surface area contributed by atoms with Gasteiger partial charge in [-0.25, -0.2) is 9.18 Å². The number of carboxylic acid groups (broad SMARTS) is 1. The summed E-state index contributed by atoms with van der Waals surface area (Å²) in [5.74, 6) is -0.576. The number of anilines is 1. The SMILES string of the molecule is CC1CC(C)C(C)N(c2ccc(F)cc2C(=O)O)C1. The summed E-state index contributed by atoms with van der Waals surface area (Å²) in [6.07, 6.45) is 1.14. The van der Waals surface area contributed by atoms with Crippen LogP contribution in [0.2, 0.25) is 0 Å². The van der Waals surface area contributed by atoms with Gasteiger partial charge in [0.2, 0.25) is 0 Å². The van der Waals surface area contributed by atoms with Gasteiger partial charge in [0.25, 0.3) is 0 Å². The predicted molar refractivity (Wildman–Crippen MR) is 73.1 cm³/mol. The first-order valence-electron chi connectivity index (χ1n) is 6.69. The highest BCUT2D eigenvalue weighted by Crippen LogP contribution is 2.33. The third-order valence-electron chi connectivity index (χ3n) is 4.10. The molecule has 1 heterocycles. The minimum Gasteiger partial charge on any atom is -0.478 e. The number of hydrogen-bond acceptors (Lipinski definition) is 2. The Morgan fingerprint density at radius 2 is 2.05 bits per heavy atom. The Labute approximate surface area is 113 Å². The van der Waals surface area contributed by atoms with E-state index in [1.165, 1.54) is 6.07 Å². The van der Waals surface area contributed by atoms with Crippen molar-refractivity contribution in [1.82, 2.24) is 0 Å². The third kappa shape index (κ3) is 2.72. The average molecular weight is 265 g/mol. The van der Waals surface area contributed by atoms with Gasteiger partial charge in [-0.05, 0) is 43.4 Å². The summed E-state index contributed by atoms with van der Waals surface area (Å²) >= 11 is 0. The van der Waals surface area contributed by atoms with Gasteiger partial charge < -0.3 is 10.0 Å². The van der Waals surface area contributed by atoms with Crippen LogP contribution >= 0.6 is 0 Å². The van der Waals surface area contributed by atoms with Crippen LogP contribution in [0.1, 0.15) is 37.6 Å². The van der Waals surface area contributed by atoms with Gasteiger partial charge >= 0.3 is 5.97 Å². The lowest BCUT2D eigenvalue weighted by molar-refractivity contribution is 0.0696. The molecule has 1 saturated heterocycles. The molecule has 1 aromatic rings. The molecular formula is C15H20FNO2. The standard InChI is InChI=1S/C15H20FNO2/c1-9-6-10(2)11(3)17(8-9)14-5-4-12(16)7-13(14)15(18)19/h4-5,7,9-11H,6,8H2,1-3H3,(H,18,19). The number of rotatable bonds is 2. The number of benzene rings is 1. The van der Waals surface area contributed by atoms with Crippen LogP contribution in [0.5, 0.6) is 0 Å². The first-order chi connectivity index (χ1) is 8.90. The zero-order chi connectivity index (χ0) is 14.2. The lowest BCUT2D eigenvalue weighted by Crippen LogP contribution is -2.46. The molecule has 1 aromatic carbocycles. The van der Waals surface area contributed by atoms with Crippen molar-refractivity contribution in [2.75, 3.05) is 11.4 Å². The van der Waals surface area contributed by atoms with Gasteiger partial charge in [-0.1, -0.05) is 13.8 Å². The Morgan fingerprint density at radius 3 is 2.68 bits per heavy atom. The maximum absolute atomic E-state index is 13.2. The van der Waals surface area contributed by atoms with Gasteiger partial charge in [0.15, 0.2) is 0 Å². The first kappa shape index (κ1) is 13.8. The highest BCUT2D eigenvalue weighted by Gasteiger charge is 2.31. The van der Waals surface area contributed by atoms with Crippen LogP contribution in [0.3, 0.4) is 0 Å². The molecular weight excluding hydrogens is 245 g/mol. The van der Waals surface area contributed by atoms with Crippen LogP contribution in [-0.4, -0.2) is 23.7 Å². The van der Waals surface area contributed by atoms with Gasteiger partial charge in [-0.3, -0.25) is 0 Å². The monoisotopic (exact) mass is 265 g/mol. The summed E-state index contributed by atoms with van der Waals surface area (Å²) in [5.41, 5.74) is 0.674. The molecule has 1 aliphatic heterocycles. The zero-order valence-electron chi connectivity index (χ0n) is 11.6. The number of carboxylic acids is 1. The highest BCUT2D eigenvalue weighted by molar-refractivity contribution is 5.94. The molecule has 2 rings (SSSR count). The summed E-state index contributed by atoms with van der Waals surface area (Å²) in [7, 11) is 0. The van der Waals surface area contributed by atoms with E-state index in [9.17, 15) is 14.3 Å². The Kier molecular flexibility index (Phi) is 3.78. The number of nitrogens with zero attached hydrogens (tertiary/aromatic N) is 1. The molecule has 3 unspecified atom stereocenters. The maximum atomic E-state index is 13.2. The highest BCUT2D eigenvalue weighted by atomic mass is 19.1. The number of hydrogen-bond donors (Lipinski definition) is 1. The summed E-state index contributed by atoms with van der Waals surface area (Å²) in [6, 6.07) is 4.28. The van der Waals surface area contributed by atoms with Crippen LogP contribution in [0.4, 0.5) is 10.1 Å². The molecule has 1 fully saturated rings. The molecule has 0 saturated carbocycles. The molecule has 0 amide bonds. The van der Waals surface area contributed by atoms with E-state index in [1.807, 2.05) is 0 Å². The molecule has 4 heteroatoms. The second-order valence-electron chi connectivity index (χ2n) is 5.68. The Morgan fingerprint density at radius 1 is 1.37 bits per heavy atom. The van der Waals surface area contributed by atoms with Crippen molar-refractivity contribution in [3.63, 3.8) is 0 Å². The van der Waals surface area contributed by atoms with Gasteiger partial charge in [0, 0.05) is 12.6 Å². The van der Waals surface area contributed by atoms with Crippen molar-refractivity contribution in [3.8, 4) is 0 Å². The van der Waals surface area contributed by atoms with Crippen molar-refractivity contribution < 1.29 is 14.3 Å². The molecule has 0 radical (unpaired) electrons. The van der Waals surface area contributed by atoms with Crippen LogP contribution < -0.4 is 4.90 Å². The Bertz CT molecular complexity index is 489. The van der Waals surface area contributed by atoms with Gasteiger partial charge in [0.1, 0.15) is 5.82 Å². The minimum atomic E-state index is -1.08. The van der Waals surface area contributed by atoms with Crippen LogP contribution in [-0.2, 0) is 0 Å². The van der Waals surface area contributed by atoms with Crippen LogP contribution in [0, 0.1) is 17.7 Å². The predicted octanol–water partition coefficient (Wildman–Crippen LogP) is 3.39. The van der Waals surface area contributed by atoms with E-state index in [2.05, 4.69) is 25.7 Å². The fourth-order valence-corrected chi connectivity index (χ4v) is 2.96. The molecule has 0 bridgehead atoms. The van der Waals surface area contributed by atoms with Crippen molar-refractivity contribution in [3.05, 3.63) is 29.6 Å². The molecule has 3 nitrogen and oxygen atoms in total. The fraction of sp³-hybridized carbons (Fsp3) is 0.533. The van der Waals surface area contributed by atoms with E-state index < -0.39 is 11.8 Å². The zero-order valence-corrected chi connectivity index (χ0v) is 11.6. The number of carbonyl (C=O) groups is 1. The Balaban J connectivity index is 2.42. The smallest absolute Gasteiger partial charge is 0.337 e. The summed E-state index contributed by atoms with van der Waals surface area (Å²) in [5, 5.41) is 9.25. The Hall–Kier alpha value is -1.58. The van der Waals surface area contributed by atoms with Crippen molar-refractivity contribution in [2.45, 2.75) is 33.2 Å². The van der Waals surface area contributed by atoms with E-state index in [1.54, 1.807) is 6.07 Å². The van der Waals surface area contributed by atoms with Crippen molar-refractivity contribution in [1.29, 1.82) is 0 Å². The second-order valence-corrected chi connectivity index (χ2v) is 5.68. The summed E-state index contributed by atoms with van der Waals surface area (Å²) in [4.78, 5) is 13.4. The van der Waals surface area contributed by atoms with E-state index in [-0.39, 0.29) is 11.6 Å². The fourth-order valence-electron chi connectivity index (χ4n) is 2.96. The normalized spacial score (nSPS) is 27.4. The second kappa shape index (κ2) is 5.19. The average Bonchev–Trinajstić information content (AvgIpc) is 2.34. The molecule has 1 N–H and O–H groups in total. The van der Waals surface area contributed by atoms with Crippen LogP contribution in [0.15, 0.2) is 18.2 Å². The quantitative estimate of drug-likeness (QED) is 0.891. The molecule has 19 heavy (non-hydrogen) atoms. The molecule has 0 aromatic heterocycles. The number of aromatic carboxylic acids is 1. The maximum Gasteiger partial charge on any atom is 0.337 e. The first-order valence-corrected chi connectivity index (χ1v) is 6.69. The van der Waals surface area contributed by atoms with Gasteiger partial charge in [-0.15, -0.1) is 0 Å². The lowest BCUT2D eigenvalue weighted by Gasteiger charge is -2.43. The van der Waals surface area contributed by atoms with Crippen LogP contribution in [0.25, 0.3) is 0 Å². The van der Waals surface area contributed by atoms with Crippen molar-refractivity contribution in [2.24, 2.45) is 11.8 Å². The molecule has 0 aliphatic carbocycles. The number of piperidine rings is 1. The van der Waals surface area contributed by atoms with E-state index in [0.717, 1.165) is 19.0 Å². The van der Waals surface area contributed by atoms with E-state index in [4.69, 9.17) is 0 Å². The largest absolute Gasteiger partial charge is 0.478 e. The molecule has 1 aliphatic rings. The third-order valence-corrected chi connectivity index (χ3v) is 4.10. The van der Waals surface area contributed by atoms with E-state index >= 15 is 0 Å². The lowest BCUT2D eigenvalue weighted by atomic mass is 9.85. The molecule has 0 spiro atoms. The van der Waals surface area contributed by atoms with Crippen molar-refractivity contribution >= 4 is 11.7 Å². The van der Waals surface area contributed by atoms with Gasteiger partial charge in [0.05, 0.1) is 11.3 Å². The van der Waals surface area contributed by atoms with Gasteiger partial charge in [-0.2, -0.15) is 0 Å². The minimum absolute atomic E-state index is 0.0492. The molecule has 104 valence electrons. The summed E-state index contributed by atoms with van der Waals surface area (Å²) < 4.78 is 13.2. The summed E-state index contributed by atoms with van der Waals surface area (Å²) in [6.45, 7) is 7.26. The molecule has 3 atom stereocenters.